The summed E-state index contributed by atoms with van der Waals surface area (Å²) in [6.07, 6.45) is 1.14. The van der Waals surface area contributed by atoms with Crippen molar-refractivity contribution in [3.8, 4) is 0 Å². The summed E-state index contributed by atoms with van der Waals surface area (Å²) < 4.78 is 0. The number of aliphatic carboxylic acids is 1. The molecular formula is C14H19ClN2O4. The summed E-state index contributed by atoms with van der Waals surface area (Å²) in [6, 6.07) is 6.86. The van der Waals surface area contributed by atoms with Gasteiger partial charge in [-0.3, -0.25) is 4.79 Å². The average Bonchev–Trinajstić information content (AvgIpc) is 2.86. The van der Waals surface area contributed by atoms with Gasteiger partial charge in [-0.25, -0.2) is 0 Å². The van der Waals surface area contributed by atoms with Gasteiger partial charge in [0.05, 0.1) is 12.7 Å². The second-order valence-corrected chi connectivity index (χ2v) is 4.70. The molecule has 1 aromatic carbocycles. The second kappa shape index (κ2) is 7.99. The lowest BCUT2D eigenvalue weighted by Crippen LogP contribution is -2.43. The molecule has 0 aliphatic rings. The number of carboxylic acids is 1. The van der Waals surface area contributed by atoms with E-state index in [0.717, 1.165) is 16.5 Å². The molecule has 2 rings (SSSR count). The van der Waals surface area contributed by atoms with Crippen LogP contribution in [0.3, 0.4) is 0 Å². The van der Waals surface area contributed by atoms with Gasteiger partial charge in [-0.05, 0) is 11.6 Å². The van der Waals surface area contributed by atoms with Crippen molar-refractivity contribution in [1.29, 1.82) is 0 Å². The monoisotopic (exact) mass is 314 g/mol. The van der Waals surface area contributed by atoms with E-state index in [2.05, 4.69) is 10.3 Å². The number of aromatic amines is 1. The fraction of sp³-hybridized carbons (Fsp3) is 0.357. The van der Waals surface area contributed by atoms with Crippen molar-refractivity contribution in [3.05, 3.63) is 36.0 Å². The van der Waals surface area contributed by atoms with Crippen molar-refractivity contribution in [3.63, 3.8) is 0 Å². The van der Waals surface area contributed by atoms with Crippen LogP contribution in [-0.2, 0) is 11.2 Å². The van der Waals surface area contributed by atoms with Crippen LogP contribution in [0.5, 0.6) is 0 Å². The van der Waals surface area contributed by atoms with E-state index in [1.54, 1.807) is 6.20 Å². The van der Waals surface area contributed by atoms with Crippen LogP contribution in [0.1, 0.15) is 5.56 Å². The third kappa shape index (κ3) is 4.44. The number of carboxylic acid groups (broad SMARTS) is 1. The number of rotatable bonds is 7. The number of fused-ring (bicyclic) bond motifs is 1. The summed E-state index contributed by atoms with van der Waals surface area (Å²) in [5, 5.41) is 31.0. The number of aromatic nitrogens is 1. The van der Waals surface area contributed by atoms with Crippen LogP contribution in [0.15, 0.2) is 30.5 Å². The van der Waals surface area contributed by atoms with Crippen LogP contribution in [0, 0.1) is 0 Å². The maximum absolute atomic E-state index is 11.2. The van der Waals surface area contributed by atoms with Crippen molar-refractivity contribution in [2.24, 2.45) is 0 Å². The van der Waals surface area contributed by atoms with Crippen LogP contribution < -0.4 is 5.32 Å². The van der Waals surface area contributed by atoms with Gasteiger partial charge in [0.1, 0.15) is 6.04 Å². The Morgan fingerprint density at radius 3 is 2.71 bits per heavy atom. The first-order valence-corrected chi connectivity index (χ1v) is 6.42. The number of para-hydroxylation sites is 1. The van der Waals surface area contributed by atoms with Crippen molar-refractivity contribution in [1.82, 2.24) is 10.3 Å². The summed E-state index contributed by atoms with van der Waals surface area (Å²) in [4.78, 5) is 14.3. The Labute approximate surface area is 128 Å². The first kappa shape index (κ1) is 17.5. The van der Waals surface area contributed by atoms with E-state index in [-0.39, 0.29) is 19.0 Å². The molecule has 0 saturated heterocycles. The Hall–Kier alpha value is -1.60. The maximum atomic E-state index is 11.2. The molecule has 2 unspecified atom stereocenters. The molecular weight excluding hydrogens is 296 g/mol. The summed E-state index contributed by atoms with van der Waals surface area (Å²) in [5.41, 5.74) is 1.86. The molecule has 0 aliphatic heterocycles. The number of H-pyrrole nitrogens is 1. The molecule has 21 heavy (non-hydrogen) atoms. The number of aliphatic hydroxyl groups excluding tert-OH is 2. The molecule has 0 spiro atoms. The highest BCUT2D eigenvalue weighted by atomic mass is 35.5. The summed E-state index contributed by atoms with van der Waals surface area (Å²) in [5.74, 6) is -0.986. The van der Waals surface area contributed by atoms with Crippen molar-refractivity contribution in [2.75, 3.05) is 13.2 Å². The molecule has 0 aliphatic carbocycles. The fourth-order valence-electron chi connectivity index (χ4n) is 2.11. The van der Waals surface area contributed by atoms with Crippen LogP contribution in [0.25, 0.3) is 10.9 Å². The zero-order chi connectivity index (χ0) is 14.5. The van der Waals surface area contributed by atoms with E-state index in [1.165, 1.54) is 0 Å². The van der Waals surface area contributed by atoms with Crippen molar-refractivity contribution < 1.29 is 20.1 Å². The van der Waals surface area contributed by atoms with E-state index in [0.29, 0.717) is 6.42 Å². The number of hydrogen-bond acceptors (Lipinski definition) is 4. The number of benzene rings is 1. The highest BCUT2D eigenvalue weighted by Crippen LogP contribution is 2.19. The van der Waals surface area contributed by atoms with Crippen molar-refractivity contribution in [2.45, 2.75) is 18.6 Å². The highest BCUT2D eigenvalue weighted by Gasteiger charge is 2.20. The third-order valence-electron chi connectivity index (χ3n) is 3.21. The van der Waals surface area contributed by atoms with E-state index in [9.17, 15) is 15.0 Å². The fourth-order valence-corrected chi connectivity index (χ4v) is 2.11. The van der Waals surface area contributed by atoms with Crippen LogP contribution in [-0.4, -0.2) is 51.6 Å². The van der Waals surface area contributed by atoms with Crippen LogP contribution in [0.2, 0.25) is 0 Å². The van der Waals surface area contributed by atoms with Gasteiger partial charge in [0, 0.05) is 30.1 Å². The molecule has 2 aromatic rings. The van der Waals surface area contributed by atoms with E-state index in [1.807, 2.05) is 24.3 Å². The molecule has 0 radical (unpaired) electrons. The van der Waals surface area contributed by atoms with Gasteiger partial charge in [0.25, 0.3) is 0 Å². The number of hydrogen-bond donors (Lipinski definition) is 5. The molecule has 116 valence electrons. The van der Waals surface area contributed by atoms with Gasteiger partial charge >= 0.3 is 5.97 Å². The third-order valence-corrected chi connectivity index (χ3v) is 3.21. The quantitative estimate of drug-likeness (QED) is 0.512. The Bertz CT molecular complexity index is 587. The van der Waals surface area contributed by atoms with Gasteiger partial charge in [-0.15, -0.1) is 12.4 Å². The Balaban J connectivity index is 0.00000220. The SMILES string of the molecule is Cl.O=C(O)C(Cc1c[nH]c2ccccc12)NCC(O)CO. The zero-order valence-corrected chi connectivity index (χ0v) is 12.1. The Morgan fingerprint density at radius 1 is 1.33 bits per heavy atom. The van der Waals surface area contributed by atoms with Crippen molar-refractivity contribution >= 4 is 29.3 Å². The van der Waals surface area contributed by atoms with Gasteiger partial charge in [-0.1, -0.05) is 18.2 Å². The van der Waals surface area contributed by atoms with Gasteiger partial charge < -0.3 is 25.6 Å². The number of halogens is 1. The average molecular weight is 315 g/mol. The highest BCUT2D eigenvalue weighted by molar-refractivity contribution is 5.85. The van der Waals surface area contributed by atoms with Gasteiger partial charge in [0.2, 0.25) is 0 Å². The lowest BCUT2D eigenvalue weighted by Gasteiger charge is -2.16. The van der Waals surface area contributed by atoms with Crippen LogP contribution in [0.4, 0.5) is 0 Å². The van der Waals surface area contributed by atoms with E-state index < -0.39 is 24.7 Å². The number of carbonyl (C=O) groups is 1. The molecule has 1 aromatic heterocycles. The molecule has 5 N–H and O–H groups in total. The largest absolute Gasteiger partial charge is 0.480 e. The molecule has 0 fully saturated rings. The molecule has 1 heterocycles. The minimum Gasteiger partial charge on any atom is -0.480 e. The summed E-state index contributed by atoms with van der Waals surface area (Å²) in [7, 11) is 0. The number of nitrogens with one attached hydrogen (secondary N) is 2. The maximum Gasteiger partial charge on any atom is 0.321 e. The van der Waals surface area contributed by atoms with Gasteiger partial charge in [-0.2, -0.15) is 0 Å². The number of aliphatic hydroxyl groups is 2. The lowest BCUT2D eigenvalue weighted by atomic mass is 10.0. The predicted octanol–water partition coefficient (Wildman–Crippen LogP) is 0.528. The standard InChI is InChI=1S/C14H18N2O4.ClH/c17-8-10(18)7-16-13(14(19)20)5-9-6-15-12-4-2-1-3-11(9)12;/h1-4,6,10,13,15-18H,5,7-8H2,(H,19,20);1H. The molecule has 7 heteroatoms. The normalized spacial score (nSPS) is 13.6. The van der Waals surface area contributed by atoms with E-state index in [4.69, 9.17) is 5.11 Å². The van der Waals surface area contributed by atoms with Crippen LogP contribution >= 0.6 is 12.4 Å². The molecule has 0 amide bonds. The smallest absolute Gasteiger partial charge is 0.321 e. The Kier molecular flexibility index (Phi) is 6.64. The first-order valence-electron chi connectivity index (χ1n) is 6.42. The molecule has 2 atom stereocenters. The van der Waals surface area contributed by atoms with E-state index >= 15 is 0 Å². The minimum absolute atomic E-state index is 0. The zero-order valence-electron chi connectivity index (χ0n) is 11.3. The topological polar surface area (TPSA) is 106 Å². The minimum atomic E-state index is -0.986. The van der Waals surface area contributed by atoms with Gasteiger partial charge in [0.15, 0.2) is 0 Å². The summed E-state index contributed by atoms with van der Waals surface area (Å²) in [6.45, 7) is -0.359. The predicted molar refractivity (Wildman–Crippen MR) is 81.8 cm³/mol. The first-order chi connectivity index (χ1) is 9.61. The molecule has 0 bridgehead atoms. The summed E-state index contributed by atoms with van der Waals surface area (Å²) >= 11 is 0. The second-order valence-electron chi connectivity index (χ2n) is 4.70. The molecule has 6 nitrogen and oxygen atoms in total. The molecule has 0 saturated carbocycles. The lowest BCUT2D eigenvalue weighted by molar-refractivity contribution is -0.139. The Morgan fingerprint density at radius 2 is 2.05 bits per heavy atom.